The second-order valence-electron chi connectivity index (χ2n) is 4.77. The van der Waals surface area contributed by atoms with Crippen LogP contribution in [0, 0.1) is 0 Å². The number of aliphatic hydroxyl groups excluding tert-OH is 1. The molecule has 1 aliphatic rings. The van der Waals surface area contributed by atoms with E-state index in [0.29, 0.717) is 0 Å². The Hall–Kier alpha value is -0.880. The highest BCUT2D eigenvalue weighted by Gasteiger charge is 2.24. The fourth-order valence-corrected chi connectivity index (χ4v) is 3.07. The third kappa shape index (κ3) is 3.36. The van der Waals surface area contributed by atoms with Crippen LogP contribution in [0.5, 0.6) is 0 Å². The van der Waals surface area contributed by atoms with Crippen molar-refractivity contribution in [1.29, 1.82) is 0 Å². The molecule has 0 spiro atoms. The van der Waals surface area contributed by atoms with Crippen molar-refractivity contribution in [2.24, 2.45) is 0 Å². The standard InChI is InChI=1S/C13H21BrN4O/c1-2-15-12-11(14)13(17-9-16-12)18-7-5-3-4-6-10(18)8-19/h9-10,19H,2-8H2,1H3,(H,15,16,17). The Bertz CT molecular complexity index is 416. The molecule has 5 nitrogen and oxygen atoms in total. The number of nitrogens with one attached hydrogen (secondary N) is 1. The SMILES string of the molecule is CCNc1ncnc(N2CCCCCC2CO)c1Br. The van der Waals surface area contributed by atoms with Gasteiger partial charge in [-0.15, -0.1) is 0 Å². The van der Waals surface area contributed by atoms with Crippen molar-refractivity contribution >= 4 is 27.6 Å². The Kier molecular flexibility index (Phi) is 5.39. The van der Waals surface area contributed by atoms with E-state index >= 15 is 0 Å². The van der Waals surface area contributed by atoms with Gasteiger partial charge in [-0.25, -0.2) is 9.97 Å². The summed E-state index contributed by atoms with van der Waals surface area (Å²) in [5, 5.41) is 12.8. The van der Waals surface area contributed by atoms with E-state index in [1.807, 2.05) is 6.92 Å². The van der Waals surface area contributed by atoms with Crippen molar-refractivity contribution in [3.05, 3.63) is 10.8 Å². The second-order valence-corrected chi connectivity index (χ2v) is 5.56. The highest BCUT2D eigenvalue weighted by atomic mass is 79.9. The number of aromatic nitrogens is 2. The van der Waals surface area contributed by atoms with E-state index in [4.69, 9.17) is 0 Å². The third-order valence-corrected chi connectivity index (χ3v) is 4.21. The molecule has 1 aliphatic heterocycles. The zero-order chi connectivity index (χ0) is 13.7. The Labute approximate surface area is 122 Å². The molecule has 0 aliphatic carbocycles. The van der Waals surface area contributed by atoms with E-state index in [1.54, 1.807) is 6.33 Å². The Morgan fingerprint density at radius 1 is 1.42 bits per heavy atom. The number of halogens is 1. The predicted molar refractivity (Wildman–Crippen MR) is 80.6 cm³/mol. The van der Waals surface area contributed by atoms with Crippen LogP contribution in [-0.2, 0) is 0 Å². The summed E-state index contributed by atoms with van der Waals surface area (Å²) in [5.41, 5.74) is 0. The molecule has 19 heavy (non-hydrogen) atoms. The van der Waals surface area contributed by atoms with E-state index in [1.165, 1.54) is 12.8 Å². The van der Waals surface area contributed by atoms with E-state index < -0.39 is 0 Å². The first-order chi connectivity index (χ1) is 9.27. The molecule has 106 valence electrons. The molecule has 2 rings (SSSR count). The summed E-state index contributed by atoms with van der Waals surface area (Å²) in [6.45, 7) is 3.97. The van der Waals surface area contributed by atoms with Crippen LogP contribution in [0.15, 0.2) is 10.8 Å². The molecule has 0 bridgehead atoms. The van der Waals surface area contributed by atoms with Gasteiger partial charge in [0.2, 0.25) is 0 Å². The number of anilines is 2. The lowest BCUT2D eigenvalue weighted by Crippen LogP contribution is -2.38. The van der Waals surface area contributed by atoms with Gasteiger partial charge in [0, 0.05) is 13.1 Å². The monoisotopic (exact) mass is 328 g/mol. The van der Waals surface area contributed by atoms with Crippen LogP contribution in [0.3, 0.4) is 0 Å². The van der Waals surface area contributed by atoms with Crippen LogP contribution >= 0.6 is 15.9 Å². The van der Waals surface area contributed by atoms with E-state index in [-0.39, 0.29) is 12.6 Å². The van der Waals surface area contributed by atoms with Crippen LogP contribution < -0.4 is 10.2 Å². The zero-order valence-electron chi connectivity index (χ0n) is 11.3. The molecule has 2 N–H and O–H groups in total. The summed E-state index contributed by atoms with van der Waals surface area (Å²) in [5.74, 6) is 1.69. The van der Waals surface area contributed by atoms with Crippen molar-refractivity contribution in [1.82, 2.24) is 9.97 Å². The average molecular weight is 329 g/mol. The molecule has 6 heteroatoms. The van der Waals surface area contributed by atoms with E-state index in [2.05, 4.69) is 36.1 Å². The van der Waals surface area contributed by atoms with Gasteiger partial charge in [-0.1, -0.05) is 12.8 Å². The highest BCUT2D eigenvalue weighted by molar-refractivity contribution is 9.10. The summed E-state index contributed by atoms with van der Waals surface area (Å²) in [6.07, 6.45) is 6.13. The number of rotatable bonds is 4. The Morgan fingerprint density at radius 2 is 2.26 bits per heavy atom. The molecule has 0 amide bonds. The van der Waals surface area contributed by atoms with Gasteiger partial charge < -0.3 is 15.3 Å². The molecule has 1 aromatic rings. The minimum absolute atomic E-state index is 0.156. The molecule has 0 aromatic carbocycles. The van der Waals surface area contributed by atoms with Crippen molar-refractivity contribution in [2.45, 2.75) is 38.6 Å². The van der Waals surface area contributed by atoms with Crippen molar-refractivity contribution in [3.63, 3.8) is 0 Å². The van der Waals surface area contributed by atoms with Crippen LogP contribution in [-0.4, -0.2) is 40.8 Å². The summed E-state index contributed by atoms with van der Waals surface area (Å²) in [6, 6.07) is 0.156. The lowest BCUT2D eigenvalue weighted by atomic mass is 10.1. The first-order valence-corrected chi connectivity index (χ1v) is 7.69. The van der Waals surface area contributed by atoms with Crippen LogP contribution in [0.25, 0.3) is 0 Å². The fraction of sp³-hybridized carbons (Fsp3) is 0.692. The fourth-order valence-electron chi connectivity index (χ4n) is 2.50. The Balaban J connectivity index is 2.30. The number of nitrogens with zero attached hydrogens (tertiary/aromatic N) is 3. The smallest absolute Gasteiger partial charge is 0.148 e. The number of aliphatic hydroxyl groups is 1. The maximum Gasteiger partial charge on any atom is 0.148 e. The van der Waals surface area contributed by atoms with Crippen LogP contribution in [0.2, 0.25) is 0 Å². The summed E-state index contributed by atoms with van der Waals surface area (Å²) in [4.78, 5) is 10.8. The molecular formula is C13H21BrN4O. The van der Waals surface area contributed by atoms with Crippen molar-refractivity contribution in [3.8, 4) is 0 Å². The molecule has 1 fully saturated rings. The zero-order valence-corrected chi connectivity index (χ0v) is 12.9. The summed E-state index contributed by atoms with van der Waals surface area (Å²) in [7, 11) is 0. The third-order valence-electron chi connectivity index (χ3n) is 3.48. The average Bonchev–Trinajstić information content (AvgIpc) is 2.66. The molecule has 1 aromatic heterocycles. The van der Waals surface area contributed by atoms with Crippen LogP contribution in [0.1, 0.15) is 32.6 Å². The maximum atomic E-state index is 9.60. The van der Waals surface area contributed by atoms with Gasteiger partial charge in [-0.05, 0) is 35.7 Å². The van der Waals surface area contributed by atoms with Gasteiger partial charge in [0.25, 0.3) is 0 Å². The molecule has 0 radical (unpaired) electrons. The maximum absolute atomic E-state index is 9.60. The summed E-state index contributed by atoms with van der Waals surface area (Å²) >= 11 is 3.59. The summed E-state index contributed by atoms with van der Waals surface area (Å²) < 4.78 is 0.886. The van der Waals surface area contributed by atoms with Gasteiger partial charge in [0.15, 0.2) is 0 Å². The van der Waals surface area contributed by atoms with E-state index in [9.17, 15) is 5.11 Å². The molecule has 1 saturated heterocycles. The predicted octanol–water partition coefficient (Wildman–Crippen LogP) is 2.41. The topological polar surface area (TPSA) is 61.3 Å². The lowest BCUT2D eigenvalue weighted by molar-refractivity contribution is 0.254. The normalized spacial score (nSPS) is 20.2. The molecule has 2 heterocycles. The Morgan fingerprint density at radius 3 is 3.00 bits per heavy atom. The molecule has 1 atom stereocenters. The minimum Gasteiger partial charge on any atom is -0.394 e. The van der Waals surface area contributed by atoms with Gasteiger partial charge in [-0.3, -0.25) is 0 Å². The first-order valence-electron chi connectivity index (χ1n) is 6.89. The van der Waals surface area contributed by atoms with Gasteiger partial charge in [0.1, 0.15) is 22.4 Å². The largest absolute Gasteiger partial charge is 0.394 e. The van der Waals surface area contributed by atoms with Gasteiger partial charge >= 0.3 is 0 Å². The molecular weight excluding hydrogens is 308 g/mol. The molecule has 0 saturated carbocycles. The second kappa shape index (κ2) is 7.05. The van der Waals surface area contributed by atoms with Crippen molar-refractivity contribution < 1.29 is 5.11 Å². The lowest BCUT2D eigenvalue weighted by Gasteiger charge is -2.30. The number of hydrogen-bond acceptors (Lipinski definition) is 5. The minimum atomic E-state index is 0.156. The number of hydrogen-bond donors (Lipinski definition) is 2. The highest BCUT2D eigenvalue weighted by Crippen LogP contribution is 2.32. The van der Waals surface area contributed by atoms with Crippen molar-refractivity contribution in [2.75, 3.05) is 29.9 Å². The van der Waals surface area contributed by atoms with Gasteiger partial charge in [-0.2, -0.15) is 0 Å². The first kappa shape index (κ1) is 14.5. The molecule has 1 unspecified atom stereocenters. The quantitative estimate of drug-likeness (QED) is 0.888. The van der Waals surface area contributed by atoms with E-state index in [0.717, 1.165) is 42.0 Å². The van der Waals surface area contributed by atoms with Gasteiger partial charge in [0.05, 0.1) is 12.6 Å². The van der Waals surface area contributed by atoms with Crippen LogP contribution in [0.4, 0.5) is 11.6 Å².